The Balaban J connectivity index is 1.69. The molecule has 0 amide bonds. The molecular weight excluding hydrogens is 246 g/mol. The average molecular weight is 275 g/mol. The summed E-state index contributed by atoms with van der Waals surface area (Å²) >= 11 is 0. The van der Waals surface area contributed by atoms with Gasteiger partial charge < -0.3 is 5.32 Å². The second-order valence-corrected chi connectivity index (χ2v) is 6.69. The fraction of sp³-hybridized carbons (Fsp3) is 0.824. The number of hydrogen-bond donors (Lipinski definition) is 1. The van der Waals surface area contributed by atoms with Crippen molar-refractivity contribution in [1.29, 1.82) is 0 Å². The number of nitrogens with zero attached hydrogens (tertiary/aromatic N) is 2. The molecule has 2 saturated carbocycles. The highest BCUT2D eigenvalue weighted by atomic mass is 15.3. The van der Waals surface area contributed by atoms with Crippen molar-refractivity contribution >= 4 is 0 Å². The average Bonchev–Trinajstić information content (AvgIpc) is 2.79. The van der Waals surface area contributed by atoms with Crippen LogP contribution in [-0.2, 0) is 13.0 Å². The lowest BCUT2D eigenvalue weighted by molar-refractivity contribution is 0.394. The van der Waals surface area contributed by atoms with Crippen LogP contribution in [0, 0.1) is 24.7 Å². The predicted octanol–water partition coefficient (Wildman–Crippen LogP) is 3.17. The summed E-state index contributed by atoms with van der Waals surface area (Å²) in [5, 5.41) is 8.43. The lowest BCUT2D eigenvalue weighted by atomic mass is 9.99. The summed E-state index contributed by atoms with van der Waals surface area (Å²) in [5.41, 5.74) is 2.58. The van der Waals surface area contributed by atoms with Crippen LogP contribution < -0.4 is 5.32 Å². The number of nitrogens with one attached hydrogen (secondary N) is 1. The molecule has 0 bridgehead atoms. The largest absolute Gasteiger partial charge is 0.313 e. The number of aromatic nitrogens is 2. The second kappa shape index (κ2) is 5.88. The van der Waals surface area contributed by atoms with Gasteiger partial charge in [0.15, 0.2) is 0 Å². The number of hydrogen-bond acceptors (Lipinski definition) is 2. The molecule has 3 unspecified atom stereocenters. The van der Waals surface area contributed by atoms with E-state index in [1.165, 1.54) is 31.4 Å². The van der Waals surface area contributed by atoms with Gasteiger partial charge in [0, 0.05) is 24.7 Å². The van der Waals surface area contributed by atoms with Gasteiger partial charge in [-0.1, -0.05) is 13.3 Å². The third kappa shape index (κ3) is 2.65. The molecule has 2 fully saturated rings. The quantitative estimate of drug-likeness (QED) is 0.828. The normalized spacial score (nSPS) is 29.4. The molecule has 2 aliphatic rings. The van der Waals surface area contributed by atoms with Gasteiger partial charge in [-0.15, -0.1) is 0 Å². The van der Waals surface area contributed by atoms with Crippen molar-refractivity contribution in [3.8, 4) is 0 Å². The van der Waals surface area contributed by atoms with Crippen molar-refractivity contribution in [3.05, 3.63) is 17.5 Å². The summed E-state index contributed by atoms with van der Waals surface area (Å²) in [4.78, 5) is 0. The number of aryl methyl sites for hydroxylation is 2. The fourth-order valence-corrected chi connectivity index (χ4v) is 4.41. The molecule has 1 N–H and O–H groups in total. The van der Waals surface area contributed by atoms with Crippen LogP contribution in [0.4, 0.5) is 0 Å². The summed E-state index contributed by atoms with van der Waals surface area (Å²) in [6, 6.07) is 2.95. The molecule has 1 heterocycles. The van der Waals surface area contributed by atoms with E-state index in [0.717, 1.165) is 43.0 Å². The first kappa shape index (κ1) is 14.1. The first-order valence-corrected chi connectivity index (χ1v) is 8.51. The molecule has 0 spiro atoms. The molecule has 0 saturated heterocycles. The highest BCUT2D eigenvalue weighted by Gasteiger charge is 2.55. The van der Waals surface area contributed by atoms with Gasteiger partial charge in [-0.2, -0.15) is 5.10 Å². The molecule has 3 nitrogen and oxygen atoms in total. The summed E-state index contributed by atoms with van der Waals surface area (Å²) in [7, 11) is 0. The monoisotopic (exact) mass is 275 g/mol. The van der Waals surface area contributed by atoms with E-state index in [2.05, 4.69) is 41.9 Å². The maximum Gasteiger partial charge on any atom is 0.0596 e. The fourth-order valence-electron chi connectivity index (χ4n) is 4.41. The minimum absolute atomic E-state index is 0.673. The summed E-state index contributed by atoms with van der Waals surface area (Å²) in [6.07, 6.45) is 6.81. The highest BCUT2D eigenvalue weighted by molar-refractivity contribution is 5.14. The van der Waals surface area contributed by atoms with E-state index in [0.29, 0.717) is 6.04 Å². The smallest absolute Gasteiger partial charge is 0.0596 e. The molecule has 0 radical (unpaired) electrons. The Morgan fingerprint density at radius 2 is 2.10 bits per heavy atom. The van der Waals surface area contributed by atoms with Gasteiger partial charge >= 0.3 is 0 Å². The Kier molecular flexibility index (Phi) is 4.16. The minimum atomic E-state index is 0.673. The molecule has 3 atom stereocenters. The maximum absolute atomic E-state index is 4.60. The first-order chi connectivity index (χ1) is 9.74. The molecule has 20 heavy (non-hydrogen) atoms. The molecule has 1 aromatic rings. The second-order valence-electron chi connectivity index (χ2n) is 6.69. The zero-order chi connectivity index (χ0) is 14.1. The summed E-state index contributed by atoms with van der Waals surface area (Å²) in [6.45, 7) is 8.70. The van der Waals surface area contributed by atoms with Crippen LogP contribution in [0.3, 0.4) is 0 Å². The third-order valence-corrected chi connectivity index (χ3v) is 5.31. The lowest BCUT2D eigenvalue weighted by Crippen LogP contribution is -2.36. The van der Waals surface area contributed by atoms with E-state index in [9.17, 15) is 0 Å². The van der Waals surface area contributed by atoms with Crippen LogP contribution in [0.15, 0.2) is 6.07 Å². The van der Waals surface area contributed by atoms with E-state index >= 15 is 0 Å². The zero-order valence-electron chi connectivity index (χ0n) is 13.2. The Bertz CT molecular complexity index is 441. The standard InChI is InChI=1S/C17H29N3/c1-4-9-18-16(17-14-7-6-8-15(14)17)11-13-10-12(3)19-20(13)5-2/h10,14-18H,4-9,11H2,1-3H3. The Labute approximate surface area is 123 Å². The van der Waals surface area contributed by atoms with Gasteiger partial charge in [-0.05, 0) is 63.5 Å². The topological polar surface area (TPSA) is 29.9 Å². The Morgan fingerprint density at radius 3 is 2.75 bits per heavy atom. The molecule has 1 aromatic heterocycles. The molecule has 112 valence electrons. The van der Waals surface area contributed by atoms with Gasteiger partial charge in [0.2, 0.25) is 0 Å². The Hall–Kier alpha value is -0.830. The highest BCUT2D eigenvalue weighted by Crippen LogP contribution is 2.59. The van der Waals surface area contributed by atoms with Crippen molar-refractivity contribution in [2.75, 3.05) is 6.54 Å². The molecule has 3 heteroatoms. The maximum atomic E-state index is 4.60. The van der Waals surface area contributed by atoms with Crippen molar-refractivity contribution in [2.24, 2.45) is 17.8 Å². The lowest BCUT2D eigenvalue weighted by Gasteiger charge is -2.21. The molecular formula is C17H29N3. The van der Waals surface area contributed by atoms with Crippen LogP contribution in [0.2, 0.25) is 0 Å². The number of fused-ring (bicyclic) bond motifs is 1. The summed E-state index contributed by atoms with van der Waals surface area (Å²) < 4.78 is 2.19. The van der Waals surface area contributed by atoms with E-state index in [1.807, 2.05) is 0 Å². The van der Waals surface area contributed by atoms with E-state index in [-0.39, 0.29) is 0 Å². The predicted molar refractivity (Wildman–Crippen MR) is 82.7 cm³/mol. The first-order valence-electron chi connectivity index (χ1n) is 8.51. The minimum Gasteiger partial charge on any atom is -0.313 e. The van der Waals surface area contributed by atoms with Crippen molar-refractivity contribution < 1.29 is 0 Å². The van der Waals surface area contributed by atoms with Gasteiger partial charge in [0.25, 0.3) is 0 Å². The van der Waals surface area contributed by atoms with Gasteiger partial charge in [-0.3, -0.25) is 4.68 Å². The van der Waals surface area contributed by atoms with E-state index in [1.54, 1.807) is 0 Å². The third-order valence-electron chi connectivity index (χ3n) is 5.31. The van der Waals surface area contributed by atoms with E-state index in [4.69, 9.17) is 0 Å². The van der Waals surface area contributed by atoms with Crippen molar-refractivity contribution in [1.82, 2.24) is 15.1 Å². The Morgan fingerprint density at radius 1 is 1.35 bits per heavy atom. The molecule has 0 aliphatic heterocycles. The zero-order valence-corrected chi connectivity index (χ0v) is 13.2. The van der Waals surface area contributed by atoms with Crippen LogP contribution in [-0.4, -0.2) is 22.4 Å². The van der Waals surface area contributed by atoms with Crippen LogP contribution in [0.5, 0.6) is 0 Å². The van der Waals surface area contributed by atoms with E-state index < -0.39 is 0 Å². The van der Waals surface area contributed by atoms with Crippen LogP contribution in [0.25, 0.3) is 0 Å². The molecule has 0 aromatic carbocycles. The van der Waals surface area contributed by atoms with Gasteiger partial charge in [0.1, 0.15) is 0 Å². The van der Waals surface area contributed by atoms with Crippen molar-refractivity contribution in [2.45, 2.75) is 65.5 Å². The number of rotatable bonds is 7. The van der Waals surface area contributed by atoms with Gasteiger partial charge in [-0.25, -0.2) is 0 Å². The summed E-state index contributed by atoms with van der Waals surface area (Å²) in [5.74, 6) is 3.00. The van der Waals surface area contributed by atoms with Crippen LogP contribution in [0.1, 0.15) is 50.9 Å². The molecule has 3 rings (SSSR count). The van der Waals surface area contributed by atoms with Crippen LogP contribution >= 0.6 is 0 Å². The van der Waals surface area contributed by atoms with Gasteiger partial charge in [0.05, 0.1) is 5.69 Å². The molecule has 2 aliphatic carbocycles. The van der Waals surface area contributed by atoms with Crippen molar-refractivity contribution in [3.63, 3.8) is 0 Å². The SMILES string of the molecule is CCCNC(Cc1cc(C)nn1CC)C1C2CCCC21.